The maximum absolute atomic E-state index is 12.8. The van der Waals surface area contributed by atoms with E-state index in [1.807, 2.05) is 0 Å². The van der Waals surface area contributed by atoms with Crippen LogP contribution in [0.25, 0.3) is 0 Å². The van der Waals surface area contributed by atoms with Gasteiger partial charge in [-0.15, -0.1) is 0 Å². The van der Waals surface area contributed by atoms with Gasteiger partial charge in [0.25, 0.3) is 0 Å². The van der Waals surface area contributed by atoms with Crippen LogP contribution in [0.4, 0.5) is 13.2 Å². The fourth-order valence-corrected chi connectivity index (χ4v) is 3.46. The quantitative estimate of drug-likeness (QED) is 0.801. The number of nitrogens with zero attached hydrogens (tertiary/aromatic N) is 1. The van der Waals surface area contributed by atoms with Crippen molar-refractivity contribution in [2.24, 2.45) is 0 Å². The summed E-state index contributed by atoms with van der Waals surface area (Å²) in [4.78, 5) is 1.21. The molecule has 1 aromatic carbocycles. The molecule has 0 aliphatic carbocycles. The number of alkyl halides is 3. The second kappa shape index (κ2) is 6.82. The van der Waals surface area contributed by atoms with Crippen molar-refractivity contribution in [2.45, 2.75) is 42.9 Å². The molecule has 0 saturated carbocycles. The molecule has 0 aliphatic rings. The van der Waals surface area contributed by atoms with Crippen molar-refractivity contribution in [2.75, 3.05) is 13.6 Å². The van der Waals surface area contributed by atoms with Crippen LogP contribution in [0.2, 0.25) is 6.82 Å². The molecule has 0 amide bonds. The van der Waals surface area contributed by atoms with Crippen LogP contribution < -0.4 is 0 Å². The summed E-state index contributed by atoms with van der Waals surface area (Å²) < 4.78 is 62.4. The highest BCUT2D eigenvalue weighted by Gasteiger charge is 2.38. The summed E-state index contributed by atoms with van der Waals surface area (Å²) in [5, 5.41) is 9.41. The van der Waals surface area contributed by atoms with Gasteiger partial charge in [0.1, 0.15) is 0 Å². The van der Waals surface area contributed by atoms with E-state index in [1.165, 1.54) is 19.9 Å². The van der Waals surface area contributed by atoms with Crippen molar-refractivity contribution in [3.05, 3.63) is 29.8 Å². The Hall–Kier alpha value is -1.06. The summed E-state index contributed by atoms with van der Waals surface area (Å²) in [5.41, 5.74) is -0.990. The lowest BCUT2D eigenvalue weighted by Crippen LogP contribution is -2.40. The molecule has 0 fully saturated rings. The summed E-state index contributed by atoms with van der Waals surface area (Å²) in [6.07, 6.45) is -4.42. The summed E-state index contributed by atoms with van der Waals surface area (Å²) in [7, 11) is -3.05. The van der Waals surface area contributed by atoms with Crippen LogP contribution in [0.5, 0.6) is 0 Å². The van der Waals surface area contributed by atoms with Gasteiger partial charge in [0.05, 0.1) is 15.2 Å². The van der Waals surface area contributed by atoms with Gasteiger partial charge < -0.3 is 9.83 Å². The number of halogens is 3. The van der Waals surface area contributed by atoms with Crippen molar-refractivity contribution in [1.82, 2.24) is 4.81 Å². The van der Waals surface area contributed by atoms with Gasteiger partial charge in [-0.2, -0.15) is 13.2 Å². The van der Waals surface area contributed by atoms with E-state index in [0.29, 0.717) is 12.6 Å². The molecular weight excluding hydrogens is 330 g/mol. The first-order valence-electron chi connectivity index (χ1n) is 7.09. The van der Waals surface area contributed by atoms with Crippen LogP contribution in [-0.2, 0) is 16.0 Å². The van der Waals surface area contributed by atoms with E-state index in [4.69, 9.17) is 0 Å². The third kappa shape index (κ3) is 4.71. The smallest absolute Gasteiger partial charge is 0.416 e. The van der Waals surface area contributed by atoms with Gasteiger partial charge in [-0.1, -0.05) is 6.07 Å². The van der Waals surface area contributed by atoms with Crippen molar-refractivity contribution in [1.29, 1.82) is 0 Å². The highest BCUT2D eigenvalue weighted by atomic mass is 32.2. The van der Waals surface area contributed by atoms with E-state index in [9.17, 15) is 26.6 Å². The summed E-state index contributed by atoms with van der Waals surface area (Å²) in [6.45, 7) is 4.79. The Morgan fingerprint density at radius 2 is 1.83 bits per heavy atom. The minimum Gasteiger partial charge on any atom is -0.437 e. The molecule has 0 heterocycles. The minimum atomic E-state index is -4.60. The Morgan fingerprint density at radius 3 is 2.30 bits per heavy atom. The van der Waals surface area contributed by atoms with Crippen LogP contribution in [0, 0.1) is 0 Å². The maximum Gasteiger partial charge on any atom is 0.416 e. The molecule has 1 rings (SSSR count). The zero-order valence-corrected chi connectivity index (χ0v) is 14.4. The normalized spacial score (nSPS) is 13.4. The minimum absolute atomic E-state index is 0.174. The monoisotopic (exact) mass is 351 g/mol. The third-order valence-corrected chi connectivity index (χ3v) is 6.44. The van der Waals surface area contributed by atoms with Gasteiger partial charge in [-0.05, 0) is 58.9 Å². The predicted octanol–water partition coefficient (Wildman–Crippen LogP) is 2.69. The summed E-state index contributed by atoms with van der Waals surface area (Å²) >= 11 is 0. The first-order chi connectivity index (χ1) is 10.3. The molecule has 0 unspecified atom stereocenters. The van der Waals surface area contributed by atoms with Crippen LogP contribution in [0.1, 0.15) is 25.8 Å². The molecule has 0 radical (unpaired) electrons. The Bertz CT molecular complexity index is 645. The molecule has 1 N–H and O–H groups in total. The largest absolute Gasteiger partial charge is 0.437 e. The number of benzene rings is 1. The molecule has 0 atom stereocenters. The topological polar surface area (TPSA) is 57.6 Å². The van der Waals surface area contributed by atoms with E-state index < -0.39 is 33.4 Å². The predicted molar refractivity (Wildman–Crippen MR) is 83.8 cm³/mol. The molecule has 23 heavy (non-hydrogen) atoms. The Labute approximate surface area is 135 Å². The van der Waals surface area contributed by atoms with Crippen molar-refractivity contribution in [3.63, 3.8) is 0 Å². The lowest BCUT2D eigenvalue weighted by molar-refractivity contribution is -0.137. The van der Waals surface area contributed by atoms with E-state index in [1.54, 1.807) is 18.7 Å². The Kier molecular flexibility index (Phi) is 5.93. The Balaban J connectivity index is 3.10. The molecule has 9 heteroatoms. The van der Waals surface area contributed by atoms with Gasteiger partial charge >= 0.3 is 13.2 Å². The molecule has 0 saturated heterocycles. The first kappa shape index (κ1) is 20.0. The van der Waals surface area contributed by atoms with Gasteiger partial charge in [-0.25, -0.2) is 8.42 Å². The Morgan fingerprint density at radius 1 is 1.26 bits per heavy atom. The van der Waals surface area contributed by atoms with Crippen LogP contribution in [0.15, 0.2) is 29.2 Å². The molecular formula is C14H21BF3NO3S. The molecule has 130 valence electrons. The fourth-order valence-electron chi connectivity index (χ4n) is 1.93. The van der Waals surface area contributed by atoms with Crippen molar-refractivity contribution >= 4 is 16.9 Å². The zero-order chi connectivity index (χ0) is 18.1. The fraction of sp³-hybridized carbons (Fsp3) is 0.571. The van der Waals surface area contributed by atoms with E-state index >= 15 is 0 Å². The highest BCUT2D eigenvalue weighted by Crippen LogP contribution is 2.34. The summed E-state index contributed by atoms with van der Waals surface area (Å²) in [6, 6.07) is 3.76. The van der Waals surface area contributed by atoms with Gasteiger partial charge in [0.15, 0.2) is 9.84 Å². The number of sulfone groups is 1. The average molecular weight is 351 g/mol. The molecule has 1 aromatic rings. The molecule has 4 nitrogen and oxygen atoms in total. The summed E-state index contributed by atoms with van der Waals surface area (Å²) in [5.74, 6) is 0. The lowest BCUT2D eigenvalue weighted by atomic mass is 9.85. The second-order valence-corrected chi connectivity index (χ2v) is 8.73. The van der Waals surface area contributed by atoms with Gasteiger partial charge in [-0.3, -0.25) is 0 Å². The van der Waals surface area contributed by atoms with Gasteiger partial charge in [0, 0.05) is 0 Å². The maximum atomic E-state index is 12.8. The highest BCUT2D eigenvalue weighted by molar-refractivity contribution is 7.92. The second-order valence-electron chi connectivity index (χ2n) is 6.15. The number of hydrogen-bond donors (Lipinski definition) is 1. The molecule has 0 aromatic heterocycles. The number of hydrogen-bond acceptors (Lipinski definition) is 4. The first-order valence-corrected chi connectivity index (χ1v) is 8.57. The van der Waals surface area contributed by atoms with Crippen LogP contribution >= 0.6 is 0 Å². The third-order valence-electron chi connectivity index (χ3n) is 3.90. The molecule has 0 aliphatic heterocycles. The molecule has 0 bridgehead atoms. The van der Waals surface area contributed by atoms with E-state index in [-0.39, 0.29) is 11.3 Å². The lowest BCUT2D eigenvalue weighted by Gasteiger charge is -2.28. The van der Waals surface area contributed by atoms with Crippen molar-refractivity contribution in [3.8, 4) is 0 Å². The SMILES string of the molecule is CB(O)N(C)CCC(C)(C)S(=O)(=O)c1cccc(C(F)(F)F)c1. The van der Waals surface area contributed by atoms with Crippen molar-refractivity contribution < 1.29 is 26.6 Å². The number of rotatable bonds is 6. The standard InChI is InChI=1S/C14H21BF3NO3S/c1-13(2,8-9-19(4)15(3)20)23(21,22)12-7-5-6-11(10-12)14(16,17)18/h5-7,10,20H,8-9H2,1-4H3. The van der Waals surface area contributed by atoms with E-state index in [0.717, 1.165) is 12.1 Å². The zero-order valence-electron chi connectivity index (χ0n) is 13.6. The van der Waals surface area contributed by atoms with E-state index in [2.05, 4.69) is 0 Å². The van der Waals surface area contributed by atoms with Crippen LogP contribution in [-0.4, -0.2) is 43.6 Å². The van der Waals surface area contributed by atoms with Gasteiger partial charge in [0.2, 0.25) is 0 Å². The average Bonchev–Trinajstić information content (AvgIpc) is 2.43. The molecule has 0 spiro atoms. The van der Waals surface area contributed by atoms with Crippen LogP contribution in [0.3, 0.4) is 0 Å².